The van der Waals surface area contributed by atoms with E-state index >= 15 is 0 Å². The molecule has 128 valence electrons. The van der Waals surface area contributed by atoms with Crippen molar-refractivity contribution in [2.45, 2.75) is 18.5 Å². The molecular formula is C19H19FN4O. The van der Waals surface area contributed by atoms with Gasteiger partial charge in [0.15, 0.2) is 0 Å². The Hall–Kier alpha value is -2.73. The van der Waals surface area contributed by atoms with Gasteiger partial charge in [-0.3, -0.25) is 9.69 Å². The lowest BCUT2D eigenvalue weighted by atomic mass is 9.99. The Balaban J connectivity index is 1.55. The molecule has 1 aliphatic heterocycles. The van der Waals surface area contributed by atoms with E-state index in [1.54, 1.807) is 24.5 Å². The molecule has 2 heterocycles. The number of rotatable bonds is 3. The minimum atomic E-state index is -0.252. The summed E-state index contributed by atoms with van der Waals surface area (Å²) in [6.45, 7) is 0.882. The van der Waals surface area contributed by atoms with Gasteiger partial charge in [-0.05, 0) is 49.4 Å². The zero-order chi connectivity index (χ0) is 17.4. The van der Waals surface area contributed by atoms with Crippen molar-refractivity contribution in [1.82, 2.24) is 20.2 Å². The molecule has 4 rings (SSSR count). The highest BCUT2D eigenvalue weighted by atomic mass is 19.1. The molecule has 5 nitrogen and oxygen atoms in total. The summed E-state index contributed by atoms with van der Waals surface area (Å²) in [5, 5.41) is 3.14. The number of nitrogens with one attached hydrogen (secondary N) is 2. The van der Waals surface area contributed by atoms with Crippen LogP contribution in [0.4, 0.5) is 4.39 Å². The second-order valence-corrected chi connectivity index (χ2v) is 6.48. The van der Waals surface area contributed by atoms with E-state index in [2.05, 4.69) is 20.2 Å². The average molecular weight is 338 g/mol. The van der Waals surface area contributed by atoms with Crippen LogP contribution in [0.3, 0.4) is 0 Å². The summed E-state index contributed by atoms with van der Waals surface area (Å²) < 4.78 is 13.2. The van der Waals surface area contributed by atoms with Gasteiger partial charge in [0, 0.05) is 12.1 Å². The second-order valence-electron chi connectivity index (χ2n) is 6.48. The summed E-state index contributed by atoms with van der Waals surface area (Å²) >= 11 is 0. The number of benzene rings is 2. The zero-order valence-electron chi connectivity index (χ0n) is 13.9. The van der Waals surface area contributed by atoms with E-state index in [1.165, 1.54) is 12.1 Å². The van der Waals surface area contributed by atoms with E-state index in [-0.39, 0.29) is 23.8 Å². The predicted octanol–water partition coefficient (Wildman–Crippen LogP) is 2.88. The molecule has 0 saturated carbocycles. The maximum atomic E-state index is 13.2. The number of imidazole rings is 1. The number of halogens is 1. The van der Waals surface area contributed by atoms with Crippen molar-refractivity contribution in [2.75, 3.05) is 13.6 Å². The minimum Gasteiger partial charge on any atom is -0.347 e. The molecule has 2 atom stereocenters. The van der Waals surface area contributed by atoms with E-state index < -0.39 is 0 Å². The first-order valence-electron chi connectivity index (χ1n) is 8.31. The Morgan fingerprint density at radius 2 is 2.08 bits per heavy atom. The molecule has 1 aromatic heterocycles. The molecule has 2 N–H and O–H groups in total. The van der Waals surface area contributed by atoms with Gasteiger partial charge in [0.1, 0.15) is 5.82 Å². The van der Waals surface area contributed by atoms with Gasteiger partial charge in [-0.2, -0.15) is 0 Å². The quantitative estimate of drug-likeness (QED) is 0.772. The van der Waals surface area contributed by atoms with E-state index in [1.807, 2.05) is 19.2 Å². The van der Waals surface area contributed by atoms with Crippen LogP contribution in [0.15, 0.2) is 48.8 Å². The van der Waals surface area contributed by atoms with Crippen molar-refractivity contribution in [3.05, 3.63) is 65.7 Å². The smallest absolute Gasteiger partial charge is 0.251 e. The van der Waals surface area contributed by atoms with Gasteiger partial charge < -0.3 is 10.3 Å². The highest BCUT2D eigenvalue weighted by molar-refractivity contribution is 5.97. The lowest BCUT2D eigenvalue weighted by Crippen LogP contribution is -2.39. The molecule has 25 heavy (non-hydrogen) atoms. The third kappa shape index (κ3) is 3.00. The number of nitrogens with zero attached hydrogens (tertiary/aromatic N) is 2. The molecule has 0 spiro atoms. The first kappa shape index (κ1) is 15.8. The van der Waals surface area contributed by atoms with Gasteiger partial charge >= 0.3 is 0 Å². The Morgan fingerprint density at radius 3 is 2.88 bits per heavy atom. The Bertz CT molecular complexity index is 905. The summed E-state index contributed by atoms with van der Waals surface area (Å²) in [6.07, 6.45) is 2.47. The molecule has 0 unspecified atom stereocenters. The molecule has 0 aliphatic carbocycles. The number of hydrogen-bond donors (Lipinski definition) is 2. The van der Waals surface area contributed by atoms with Crippen molar-refractivity contribution >= 4 is 16.9 Å². The fourth-order valence-corrected chi connectivity index (χ4v) is 3.57. The van der Waals surface area contributed by atoms with E-state index in [0.29, 0.717) is 5.56 Å². The summed E-state index contributed by atoms with van der Waals surface area (Å²) in [5.41, 5.74) is 3.28. The maximum Gasteiger partial charge on any atom is 0.251 e. The predicted molar refractivity (Wildman–Crippen MR) is 93.7 cm³/mol. The molecule has 1 amide bonds. The molecule has 0 bridgehead atoms. The number of likely N-dealkylation sites (tertiary alicyclic amines) is 1. The molecule has 1 aliphatic rings. The van der Waals surface area contributed by atoms with Gasteiger partial charge in [-0.25, -0.2) is 9.37 Å². The van der Waals surface area contributed by atoms with Gasteiger partial charge in [0.05, 0.1) is 29.4 Å². The number of fused-ring (bicyclic) bond motifs is 1. The number of carbonyl (C=O) groups is 1. The third-order valence-corrected chi connectivity index (χ3v) is 4.86. The molecular weight excluding hydrogens is 319 g/mol. The first-order valence-corrected chi connectivity index (χ1v) is 8.31. The van der Waals surface area contributed by atoms with Crippen LogP contribution in [0.25, 0.3) is 11.0 Å². The molecule has 0 radical (unpaired) electrons. The maximum absolute atomic E-state index is 13.2. The van der Waals surface area contributed by atoms with Crippen molar-refractivity contribution in [1.29, 1.82) is 0 Å². The van der Waals surface area contributed by atoms with E-state index in [0.717, 1.165) is 29.6 Å². The van der Waals surface area contributed by atoms with E-state index in [4.69, 9.17) is 0 Å². The standard InChI is InChI=1S/C19H19FN4O/c1-24-9-8-16(18(24)12-2-5-14(20)6-3-12)23-19(25)13-4-7-15-17(10-13)22-11-21-15/h2-7,10-11,16,18H,8-9H2,1H3,(H,21,22)(H,23,25)/t16-,18+/m1/s1. The number of amides is 1. The van der Waals surface area contributed by atoms with Crippen molar-refractivity contribution in [3.63, 3.8) is 0 Å². The van der Waals surface area contributed by atoms with Gasteiger partial charge in [-0.1, -0.05) is 12.1 Å². The largest absolute Gasteiger partial charge is 0.347 e. The summed E-state index contributed by atoms with van der Waals surface area (Å²) in [4.78, 5) is 22.1. The lowest BCUT2D eigenvalue weighted by Gasteiger charge is -2.26. The van der Waals surface area contributed by atoms with Gasteiger partial charge in [0.2, 0.25) is 0 Å². The summed E-state index contributed by atoms with van der Waals surface area (Å²) in [6, 6.07) is 12.0. The zero-order valence-corrected chi connectivity index (χ0v) is 13.9. The van der Waals surface area contributed by atoms with E-state index in [9.17, 15) is 9.18 Å². The number of likely N-dealkylation sites (N-methyl/N-ethyl adjacent to an activating group) is 1. The highest BCUT2D eigenvalue weighted by Crippen LogP contribution is 2.31. The lowest BCUT2D eigenvalue weighted by molar-refractivity contribution is 0.0928. The van der Waals surface area contributed by atoms with Gasteiger partial charge in [-0.15, -0.1) is 0 Å². The molecule has 2 aromatic carbocycles. The van der Waals surface area contributed by atoms with Crippen LogP contribution >= 0.6 is 0 Å². The Morgan fingerprint density at radius 1 is 1.28 bits per heavy atom. The van der Waals surface area contributed by atoms with Crippen molar-refractivity contribution in [3.8, 4) is 0 Å². The minimum absolute atomic E-state index is 0.0135. The SMILES string of the molecule is CN1CC[C@@H](NC(=O)c2ccc3nc[nH]c3c2)[C@@H]1c1ccc(F)cc1. The molecule has 3 aromatic rings. The Kier molecular flexibility index (Phi) is 3.97. The molecule has 1 fully saturated rings. The Labute approximate surface area is 144 Å². The summed E-state index contributed by atoms with van der Waals surface area (Å²) in [7, 11) is 2.02. The topological polar surface area (TPSA) is 61.0 Å². The van der Waals surface area contributed by atoms with Crippen LogP contribution < -0.4 is 5.32 Å². The monoisotopic (exact) mass is 338 g/mol. The van der Waals surface area contributed by atoms with Crippen LogP contribution in [-0.2, 0) is 0 Å². The molecule has 1 saturated heterocycles. The first-order chi connectivity index (χ1) is 12.1. The van der Waals surface area contributed by atoms with Crippen LogP contribution in [0.2, 0.25) is 0 Å². The number of H-pyrrole nitrogens is 1. The summed E-state index contributed by atoms with van der Waals surface area (Å²) in [5.74, 6) is -0.359. The number of aromatic nitrogens is 2. The average Bonchev–Trinajstić information content (AvgIpc) is 3.22. The van der Waals surface area contributed by atoms with Crippen molar-refractivity contribution < 1.29 is 9.18 Å². The third-order valence-electron chi connectivity index (χ3n) is 4.86. The normalized spacial score (nSPS) is 20.9. The second kappa shape index (κ2) is 6.29. The van der Waals surface area contributed by atoms with Crippen LogP contribution in [0.1, 0.15) is 28.4 Å². The van der Waals surface area contributed by atoms with Crippen LogP contribution in [0.5, 0.6) is 0 Å². The van der Waals surface area contributed by atoms with Crippen LogP contribution in [0, 0.1) is 5.82 Å². The fraction of sp³-hybridized carbons (Fsp3) is 0.263. The number of aromatic amines is 1. The highest BCUT2D eigenvalue weighted by Gasteiger charge is 2.34. The number of hydrogen-bond acceptors (Lipinski definition) is 3. The van der Waals surface area contributed by atoms with Crippen molar-refractivity contribution in [2.24, 2.45) is 0 Å². The number of carbonyl (C=O) groups excluding carboxylic acids is 1. The van der Waals surface area contributed by atoms with Crippen LogP contribution in [-0.4, -0.2) is 40.4 Å². The molecule has 6 heteroatoms. The van der Waals surface area contributed by atoms with Gasteiger partial charge in [0.25, 0.3) is 5.91 Å². The fourth-order valence-electron chi connectivity index (χ4n) is 3.57.